The van der Waals surface area contributed by atoms with Gasteiger partial charge in [0.05, 0.1) is 20.6 Å². The molecule has 2 N–H and O–H groups in total. The van der Waals surface area contributed by atoms with E-state index in [-0.39, 0.29) is 31.3 Å². The zero-order valence-corrected chi connectivity index (χ0v) is 25.9. The number of hydrogen-bond donors (Lipinski definition) is 2. The number of carboxylic acids is 1. The Morgan fingerprint density at radius 2 is 1.37 bits per heavy atom. The summed E-state index contributed by atoms with van der Waals surface area (Å²) < 4.78 is 10.8. The summed E-state index contributed by atoms with van der Waals surface area (Å²) in [4.78, 5) is 40.8. The molecule has 5 aromatic carbocycles. The third-order valence-corrected chi connectivity index (χ3v) is 7.94. The number of nitrogens with one attached hydrogen (secondary N) is 1. The van der Waals surface area contributed by atoms with Crippen LogP contribution < -0.4 is 14.8 Å². The van der Waals surface area contributed by atoms with Crippen LogP contribution in [0.4, 0.5) is 0 Å². The number of hydrogen-bond acceptors (Lipinski definition) is 5. The third kappa shape index (κ3) is 7.35. The third-order valence-electron chi connectivity index (χ3n) is 7.94. The molecule has 0 atom stereocenters. The SMILES string of the molecule is COc1ccc(CCN(CCC(=O)O)C(=O)c2ccccc2-c2ccccc2C(=O)NCc2cccc3ccccc23)cc1OC. The molecule has 0 aromatic heterocycles. The quantitative estimate of drug-likeness (QED) is 0.154. The van der Waals surface area contributed by atoms with Crippen molar-refractivity contribution in [1.82, 2.24) is 10.2 Å². The molecule has 0 aliphatic heterocycles. The van der Waals surface area contributed by atoms with E-state index < -0.39 is 5.97 Å². The predicted octanol–water partition coefficient (Wildman–Crippen LogP) is 6.61. The van der Waals surface area contributed by atoms with E-state index in [4.69, 9.17) is 9.47 Å². The van der Waals surface area contributed by atoms with Gasteiger partial charge in [0.15, 0.2) is 11.5 Å². The number of benzene rings is 5. The van der Waals surface area contributed by atoms with Gasteiger partial charge in [-0.2, -0.15) is 0 Å². The Kier molecular flexibility index (Phi) is 10.3. The summed E-state index contributed by atoms with van der Waals surface area (Å²) in [7, 11) is 3.12. The van der Waals surface area contributed by atoms with Crippen LogP contribution in [-0.4, -0.2) is 55.1 Å². The Morgan fingerprint density at radius 1 is 0.717 bits per heavy atom. The number of nitrogens with zero attached hydrogens (tertiary/aromatic N) is 1. The van der Waals surface area contributed by atoms with Crippen molar-refractivity contribution in [3.05, 3.63) is 131 Å². The summed E-state index contributed by atoms with van der Waals surface area (Å²) in [6.45, 7) is 0.653. The molecule has 0 radical (unpaired) electrons. The Balaban J connectivity index is 1.40. The second kappa shape index (κ2) is 14.9. The van der Waals surface area contributed by atoms with E-state index in [0.717, 1.165) is 21.9 Å². The van der Waals surface area contributed by atoms with Crippen molar-refractivity contribution < 1.29 is 29.0 Å². The molecule has 8 heteroatoms. The highest BCUT2D eigenvalue weighted by Gasteiger charge is 2.23. The molecule has 46 heavy (non-hydrogen) atoms. The van der Waals surface area contributed by atoms with Gasteiger partial charge in [-0.1, -0.05) is 84.9 Å². The summed E-state index contributed by atoms with van der Waals surface area (Å²) in [5.41, 5.74) is 3.94. The number of methoxy groups -OCH3 is 2. The number of carboxylic acid groups (broad SMARTS) is 1. The fraction of sp³-hybridized carbons (Fsp3) is 0.184. The van der Waals surface area contributed by atoms with Gasteiger partial charge in [0.1, 0.15) is 0 Å². The van der Waals surface area contributed by atoms with Gasteiger partial charge in [-0.15, -0.1) is 0 Å². The first-order valence-corrected chi connectivity index (χ1v) is 15.0. The lowest BCUT2D eigenvalue weighted by Crippen LogP contribution is -2.35. The molecule has 8 nitrogen and oxygen atoms in total. The number of amides is 2. The van der Waals surface area contributed by atoms with E-state index in [0.29, 0.717) is 46.7 Å². The average Bonchev–Trinajstić information content (AvgIpc) is 3.10. The van der Waals surface area contributed by atoms with Crippen molar-refractivity contribution in [1.29, 1.82) is 0 Å². The van der Waals surface area contributed by atoms with Crippen molar-refractivity contribution >= 4 is 28.6 Å². The van der Waals surface area contributed by atoms with Crippen LogP contribution in [0.25, 0.3) is 21.9 Å². The molecular formula is C38H36N2O6. The first-order chi connectivity index (χ1) is 22.4. The molecule has 0 heterocycles. The zero-order valence-electron chi connectivity index (χ0n) is 25.9. The second-order valence-corrected chi connectivity index (χ2v) is 10.8. The Labute approximate surface area is 268 Å². The minimum atomic E-state index is -0.995. The highest BCUT2D eigenvalue weighted by Crippen LogP contribution is 2.30. The molecule has 0 fully saturated rings. The maximum atomic E-state index is 14.1. The van der Waals surface area contributed by atoms with Crippen molar-refractivity contribution in [2.24, 2.45) is 0 Å². The molecule has 0 saturated carbocycles. The maximum absolute atomic E-state index is 14.1. The van der Waals surface area contributed by atoms with Gasteiger partial charge in [-0.05, 0) is 63.7 Å². The minimum Gasteiger partial charge on any atom is -0.493 e. The maximum Gasteiger partial charge on any atom is 0.305 e. The summed E-state index contributed by atoms with van der Waals surface area (Å²) in [5, 5.41) is 14.7. The molecule has 0 saturated heterocycles. The number of fused-ring (bicyclic) bond motifs is 1. The van der Waals surface area contributed by atoms with E-state index in [1.807, 2.05) is 78.9 Å². The largest absolute Gasteiger partial charge is 0.493 e. The summed E-state index contributed by atoms with van der Waals surface area (Å²) in [5.74, 6) is -0.404. The van der Waals surface area contributed by atoms with Gasteiger partial charge in [0.25, 0.3) is 11.8 Å². The van der Waals surface area contributed by atoms with Crippen molar-refractivity contribution in [3.63, 3.8) is 0 Å². The van der Waals surface area contributed by atoms with Gasteiger partial charge in [-0.3, -0.25) is 14.4 Å². The number of carbonyl (C=O) groups is 3. The number of rotatable bonds is 13. The lowest BCUT2D eigenvalue weighted by atomic mass is 9.94. The molecule has 0 aliphatic carbocycles. The highest BCUT2D eigenvalue weighted by atomic mass is 16.5. The van der Waals surface area contributed by atoms with Gasteiger partial charge in [0.2, 0.25) is 0 Å². The normalized spacial score (nSPS) is 10.7. The van der Waals surface area contributed by atoms with Crippen LogP contribution in [0.5, 0.6) is 11.5 Å². The average molecular weight is 617 g/mol. The molecule has 0 bridgehead atoms. The molecule has 2 amide bonds. The molecule has 0 aliphatic rings. The summed E-state index contributed by atoms with van der Waals surface area (Å²) in [6.07, 6.45) is 0.272. The molecule has 5 rings (SSSR count). The van der Waals surface area contributed by atoms with Crippen LogP contribution >= 0.6 is 0 Å². The smallest absolute Gasteiger partial charge is 0.305 e. The number of carbonyl (C=O) groups excluding carboxylic acids is 2. The lowest BCUT2D eigenvalue weighted by molar-refractivity contribution is -0.137. The van der Waals surface area contributed by atoms with Gasteiger partial charge in [0, 0.05) is 30.8 Å². The molecule has 5 aromatic rings. The van der Waals surface area contributed by atoms with Gasteiger partial charge < -0.3 is 24.8 Å². The number of aliphatic carboxylic acids is 1. The van der Waals surface area contributed by atoms with E-state index in [9.17, 15) is 19.5 Å². The second-order valence-electron chi connectivity index (χ2n) is 10.8. The minimum absolute atomic E-state index is 0.0307. The van der Waals surface area contributed by atoms with Crippen molar-refractivity contribution in [3.8, 4) is 22.6 Å². The first-order valence-electron chi connectivity index (χ1n) is 15.0. The van der Waals surface area contributed by atoms with E-state index in [1.54, 1.807) is 49.5 Å². The predicted molar refractivity (Wildman–Crippen MR) is 178 cm³/mol. The van der Waals surface area contributed by atoms with E-state index >= 15 is 0 Å². The van der Waals surface area contributed by atoms with Crippen molar-refractivity contribution in [2.75, 3.05) is 27.3 Å². The van der Waals surface area contributed by atoms with Crippen molar-refractivity contribution in [2.45, 2.75) is 19.4 Å². The van der Waals surface area contributed by atoms with E-state index in [2.05, 4.69) is 5.32 Å². The zero-order chi connectivity index (χ0) is 32.5. The van der Waals surface area contributed by atoms with Crippen LogP contribution in [0.1, 0.15) is 38.3 Å². The monoisotopic (exact) mass is 616 g/mol. The molecule has 0 spiro atoms. The van der Waals surface area contributed by atoms with Crippen LogP contribution in [0.3, 0.4) is 0 Å². The summed E-state index contributed by atoms with van der Waals surface area (Å²) in [6, 6.07) is 33.9. The standard InChI is InChI=1S/C38H36N2O6/c1-45-34-19-18-26(24-35(34)46-2)20-22-40(23-21-36(41)42)38(44)33-17-8-6-15-31(33)30-14-5-7-16-32(30)37(43)39-25-28-12-9-11-27-10-3-4-13-29(27)28/h3-19,24H,20-23,25H2,1-2H3,(H,39,43)(H,41,42). The van der Waals surface area contributed by atoms with Crippen LogP contribution in [0.2, 0.25) is 0 Å². The Bertz CT molecular complexity index is 1860. The molecular weight excluding hydrogens is 580 g/mol. The van der Waals surface area contributed by atoms with E-state index in [1.165, 1.54) is 0 Å². The number of ether oxygens (including phenoxy) is 2. The van der Waals surface area contributed by atoms with Crippen LogP contribution in [-0.2, 0) is 17.8 Å². The van der Waals surface area contributed by atoms with Gasteiger partial charge in [-0.25, -0.2) is 0 Å². The van der Waals surface area contributed by atoms with Crippen LogP contribution in [0.15, 0.2) is 109 Å². The van der Waals surface area contributed by atoms with Crippen LogP contribution in [0, 0.1) is 0 Å². The first kappa shape index (κ1) is 31.8. The summed E-state index contributed by atoms with van der Waals surface area (Å²) >= 11 is 0. The molecule has 0 unspecified atom stereocenters. The Hall–Kier alpha value is -5.63. The fourth-order valence-corrected chi connectivity index (χ4v) is 5.55. The molecule has 234 valence electrons. The highest BCUT2D eigenvalue weighted by molar-refractivity contribution is 6.06. The lowest BCUT2D eigenvalue weighted by Gasteiger charge is -2.24. The fourth-order valence-electron chi connectivity index (χ4n) is 5.55. The Morgan fingerprint density at radius 3 is 2.11 bits per heavy atom. The van der Waals surface area contributed by atoms with Gasteiger partial charge >= 0.3 is 5.97 Å². The topological polar surface area (TPSA) is 105 Å².